The molecule has 0 spiro atoms. The molecule has 0 heterocycles. The second-order valence-corrected chi connectivity index (χ2v) is 5.06. The van der Waals surface area contributed by atoms with Crippen molar-refractivity contribution in [2.75, 3.05) is 6.54 Å². The Labute approximate surface area is 105 Å². The van der Waals surface area contributed by atoms with Crippen LogP contribution in [0.1, 0.15) is 38.3 Å². The molecule has 1 aromatic rings. The molecule has 0 amide bonds. The molecular weight excluding hydrogens is 210 g/mol. The molecule has 1 aromatic carbocycles. The average Bonchev–Trinajstić information content (AvgIpc) is 2.27. The van der Waals surface area contributed by atoms with Gasteiger partial charge in [-0.2, -0.15) is 0 Å². The van der Waals surface area contributed by atoms with Gasteiger partial charge >= 0.3 is 0 Å². The molecule has 2 nitrogen and oxygen atoms in total. The summed E-state index contributed by atoms with van der Waals surface area (Å²) >= 11 is 0. The second kappa shape index (κ2) is 7.46. The lowest BCUT2D eigenvalue weighted by molar-refractivity contribution is 0.0393. The van der Waals surface area contributed by atoms with Crippen LogP contribution in [0.15, 0.2) is 24.3 Å². The van der Waals surface area contributed by atoms with Crippen LogP contribution >= 0.6 is 0 Å². The molecule has 0 aliphatic carbocycles. The SMILES string of the molecule is CC(C)CC(C)OCc1ccccc1CCN. The fraction of sp³-hybridized carbons (Fsp3) is 0.600. The summed E-state index contributed by atoms with van der Waals surface area (Å²) in [6.45, 7) is 7.98. The van der Waals surface area contributed by atoms with Gasteiger partial charge in [-0.1, -0.05) is 38.1 Å². The van der Waals surface area contributed by atoms with Crippen molar-refractivity contribution in [2.45, 2.75) is 46.3 Å². The van der Waals surface area contributed by atoms with E-state index in [1.165, 1.54) is 11.1 Å². The third kappa shape index (κ3) is 5.33. The van der Waals surface area contributed by atoms with Gasteiger partial charge in [0.2, 0.25) is 0 Å². The highest BCUT2D eigenvalue weighted by Gasteiger charge is 2.07. The van der Waals surface area contributed by atoms with Crippen LogP contribution < -0.4 is 5.73 Å². The number of rotatable bonds is 7. The second-order valence-electron chi connectivity index (χ2n) is 5.06. The van der Waals surface area contributed by atoms with E-state index >= 15 is 0 Å². The maximum absolute atomic E-state index is 5.89. The van der Waals surface area contributed by atoms with E-state index in [1.807, 2.05) is 0 Å². The minimum Gasteiger partial charge on any atom is -0.374 e. The number of benzene rings is 1. The molecular formula is C15H25NO. The van der Waals surface area contributed by atoms with Crippen molar-refractivity contribution in [3.8, 4) is 0 Å². The molecule has 0 aliphatic rings. The smallest absolute Gasteiger partial charge is 0.0723 e. The number of hydrogen-bond acceptors (Lipinski definition) is 2. The first-order valence-corrected chi connectivity index (χ1v) is 6.52. The fourth-order valence-corrected chi connectivity index (χ4v) is 2.06. The van der Waals surface area contributed by atoms with E-state index in [2.05, 4.69) is 45.0 Å². The molecule has 0 saturated carbocycles. The first-order valence-electron chi connectivity index (χ1n) is 6.52. The Morgan fingerprint density at radius 2 is 1.76 bits per heavy atom. The first-order chi connectivity index (χ1) is 8.13. The Morgan fingerprint density at radius 1 is 1.12 bits per heavy atom. The summed E-state index contributed by atoms with van der Waals surface area (Å²) in [5.41, 5.74) is 8.19. The van der Waals surface area contributed by atoms with Crippen molar-refractivity contribution in [1.29, 1.82) is 0 Å². The minimum atomic E-state index is 0.320. The highest BCUT2D eigenvalue weighted by Crippen LogP contribution is 2.14. The van der Waals surface area contributed by atoms with Gasteiger partial charge in [0.1, 0.15) is 0 Å². The zero-order valence-corrected chi connectivity index (χ0v) is 11.3. The van der Waals surface area contributed by atoms with Gasteiger partial charge in [-0.15, -0.1) is 0 Å². The van der Waals surface area contributed by atoms with Crippen LogP contribution in [0.25, 0.3) is 0 Å². The zero-order chi connectivity index (χ0) is 12.7. The van der Waals surface area contributed by atoms with E-state index in [0.717, 1.165) is 12.8 Å². The summed E-state index contributed by atoms with van der Waals surface area (Å²) in [5, 5.41) is 0. The van der Waals surface area contributed by atoms with Gasteiger partial charge in [0.15, 0.2) is 0 Å². The van der Waals surface area contributed by atoms with E-state index in [4.69, 9.17) is 10.5 Å². The molecule has 17 heavy (non-hydrogen) atoms. The van der Waals surface area contributed by atoms with E-state index in [0.29, 0.717) is 25.2 Å². The van der Waals surface area contributed by atoms with Crippen LogP contribution in [-0.2, 0) is 17.8 Å². The van der Waals surface area contributed by atoms with E-state index < -0.39 is 0 Å². The van der Waals surface area contributed by atoms with E-state index in [9.17, 15) is 0 Å². The fourth-order valence-electron chi connectivity index (χ4n) is 2.06. The van der Waals surface area contributed by atoms with E-state index in [-0.39, 0.29) is 0 Å². The van der Waals surface area contributed by atoms with E-state index in [1.54, 1.807) is 0 Å². The topological polar surface area (TPSA) is 35.2 Å². The predicted molar refractivity (Wildman–Crippen MR) is 72.9 cm³/mol. The van der Waals surface area contributed by atoms with Gasteiger partial charge in [0.05, 0.1) is 12.7 Å². The van der Waals surface area contributed by atoms with Gasteiger partial charge in [-0.3, -0.25) is 0 Å². The highest BCUT2D eigenvalue weighted by molar-refractivity contribution is 5.26. The zero-order valence-electron chi connectivity index (χ0n) is 11.3. The van der Waals surface area contributed by atoms with Gasteiger partial charge in [-0.25, -0.2) is 0 Å². The van der Waals surface area contributed by atoms with Crippen LogP contribution in [0.5, 0.6) is 0 Å². The maximum Gasteiger partial charge on any atom is 0.0723 e. The van der Waals surface area contributed by atoms with Crippen LogP contribution in [0.2, 0.25) is 0 Å². The minimum absolute atomic E-state index is 0.320. The monoisotopic (exact) mass is 235 g/mol. The largest absolute Gasteiger partial charge is 0.374 e. The van der Waals surface area contributed by atoms with Gasteiger partial charge in [0.25, 0.3) is 0 Å². The predicted octanol–water partition coefficient (Wildman–Crippen LogP) is 3.14. The molecule has 2 N–H and O–H groups in total. The van der Waals surface area contributed by atoms with Crippen molar-refractivity contribution < 1.29 is 4.74 Å². The van der Waals surface area contributed by atoms with Crippen molar-refractivity contribution in [3.63, 3.8) is 0 Å². The third-order valence-electron chi connectivity index (χ3n) is 2.86. The molecule has 0 fully saturated rings. The molecule has 0 bridgehead atoms. The summed E-state index contributed by atoms with van der Waals surface area (Å²) in [6.07, 6.45) is 2.36. The Morgan fingerprint density at radius 3 is 2.35 bits per heavy atom. The normalized spacial score (nSPS) is 13.0. The first kappa shape index (κ1) is 14.2. The molecule has 0 saturated heterocycles. The van der Waals surface area contributed by atoms with Crippen molar-refractivity contribution in [3.05, 3.63) is 35.4 Å². The Hall–Kier alpha value is -0.860. The summed E-state index contributed by atoms with van der Waals surface area (Å²) in [5.74, 6) is 0.685. The van der Waals surface area contributed by atoms with Crippen molar-refractivity contribution >= 4 is 0 Å². The Bertz CT molecular complexity index is 322. The molecule has 0 radical (unpaired) electrons. The maximum atomic E-state index is 5.89. The molecule has 2 heteroatoms. The molecule has 96 valence electrons. The molecule has 0 aliphatic heterocycles. The van der Waals surface area contributed by atoms with Crippen LogP contribution in [-0.4, -0.2) is 12.6 Å². The molecule has 1 atom stereocenters. The Kier molecular flexibility index (Phi) is 6.23. The molecule has 1 unspecified atom stereocenters. The summed E-state index contributed by atoms with van der Waals surface area (Å²) in [7, 11) is 0. The lowest BCUT2D eigenvalue weighted by Gasteiger charge is -2.16. The van der Waals surface area contributed by atoms with Gasteiger partial charge in [0, 0.05) is 0 Å². The van der Waals surface area contributed by atoms with Crippen molar-refractivity contribution in [2.24, 2.45) is 11.7 Å². The van der Waals surface area contributed by atoms with Crippen molar-refractivity contribution in [1.82, 2.24) is 0 Å². The average molecular weight is 235 g/mol. The quantitative estimate of drug-likeness (QED) is 0.788. The van der Waals surface area contributed by atoms with Crippen LogP contribution in [0, 0.1) is 5.92 Å². The standard InChI is InChI=1S/C15H25NO/c1-12(2)10-13(3)17-11-15-7-5-4-6-14(15)8-9-16/h4-7,12-13H,8-11,16H2,1-3H3. The summed E-state index contributed by atoms with van der Waals surface area (Å²) in [6, 6.07) is 8.39. The van der Waals surface area contributed by atoms with Gasteiger partial charge < -0.3 is 10.5 Å². The molecule has 0 aromatic heterocycles. The van der Waals surface area contributed by atoms with Crippen LogP contribution in [0.4, 0.5) is 0 Å². The number of nitrogens with two attached hydrogens (primary N) is 1. The number of ether oxygens (including phenoxy) is 1. The lowest BCUT2D eigenvalue weighted by Crippen LogP contribution is -2.12. The third-order valence-corrected chi connectivity index (χ3v) is 2.86. The highest BCUT2D eigenvalue weighted by atomic mass is 16.5. The van der Waals surface area contributed by atoms with Gasteiger partial charge in [-0.05, 0) is 43.4 Å². The lowest BCUT2D eigenvalue weighted by atomic mass is 10.0. The Balaban J connectivity index is 2.50. The summed E-state index contributed by atoms with van der Waals surface area (Å²) in [4.78, 5) is 0. The number of hydrogen-bond donors (Lipinski definition) is 1. The summed E-state index contributed by atoms with van der Waals surface area (Å²) < 4.78 is 5.89. The molecule has 1 rings (SSSR count). The van der Waals surface area contributed by atoms with Crippen LogP contribution in [0.3, 0.4) is 0 Å².